The number of hydrogen-bond donors (Lipinski definition) is 1. The number of piperidine rings is 1. The number of aromatic amines is 1. The van der Waals surface area contributed by atoms with E-state index >= 15 is 0 Å². The van der Waals surface area contributed by atoms with Crippen LogP contribution in [0.2, 0.25) is 0 Å². The van der Waals surface area contributed by atoms with Crippen LogP contribution in [0.4, 0.5) is 0 Å². The molecule has 0 saturated carbocycles. The molecule has 24 heavy (non-hydrogen) atoms. The third kappa shape index (κ3) is 3.09. The maximum atomic E-state index is 4.48. The van der Waals surface area contributed by atoms with Gasteiger partial charge in [0.1, 0.15) is 12.4 Å². The first kappa shape index (κ1) is 15.1. The zero-order valence-electron chi connectivity index (χ0n) is 13.8. The summed E-state index contributed by atoms with van der Waals surface area (Å²) in [6, 6.07) is 1.92. The van der Waals surface area contributed by atoms with E-state index in [1.807, 2.05) is 23.1 Å². The van der Waals surface area contributed by atoms with Crippen molar-refractivity contribution < 1.29 is 0 Å². The molecule has 0 bridgehead atoms. The van der Waals surface area contributed by atoms with Crippen LogP contribution in [0.5, 0.6) is 0 Å². The average Bonchev–Trinajstić information content (AvgIpc) is 3.33. The van der Waals surface area contributed by atoms with Crippen molar-refractivity contribution in [1.29, 1.82) is 0 Å². The van der Waals surface area contributed by atoms with Crippen molar-refractivity contribution >= 4 is 0 Å². The molecule has 0 aliphatic carbocycles. The zero-order chi connectivity index (χ0) is 16.4. The molecular formula is C16H22N8. The second-order valence-electron chi connectivity index (χ2n) is 6.39. The Labute approximate surface area is 140 Å². The number of likely N-dealkylation sites (tertiary alicyclic amines) is 1. The standard InChI is InChI=1S/C16H22N8/c1-22-15(11-24-7-3-5-19-24)20-21-16(22)13-4-2-6-23(9-13)10-14-8-17-12-18-14/h3,5,7-8,12-13H,2,4,6,9-11H2,1H3,(H,17,18)/t13-/m0/s1. The molecule has 3 aromatic rings. The van der Waals surface area contributed by atoms with Crippen molar-refractivity contribution in [3.63, 3.8) is 0 Å². The van der Waals surface area contributed by atoms with Crippen molar-refractivity contribution in [2.75, 3.05) is 13.1 Å². The lowest BCUT2D eigenvalue weighted by atomic mass is 9.97. The van der Waals surface area contributed by atoms with Crippen molar-refractivity contribution in [2.45, 2.75) is 31.8 Å². The van der Waals surface area contributed by atoms with E-state index in [0.717, 1.165) is 43.4 Å². The van der Waals surface area contributed by atoms with E-state index in [2.05, 4.69) is 41.8 Å². The van der Waals surface area contributed by atoms with Crippen LogP contribution in [-0.2, 0) is 20.1 Å². The predicted octanol–water partition coefficient (Wildman–Crippen LogP) is 1.16. The molecule has 0 spiro atoms. The molecule has 8 heteroatoms. The highest BCUT2D eigenvalue weighted by Gasteiger charge is 2.26. The van der Waals surface area contributed by atoms with Gasteiger partial charge in [0.15, 0.2) is 5.82 Å². The van der Waals surface area contributed by atoms with Gasteiger partial charge in [-0.3, -0.25) is 9.58 Å². The quantitative estimate of drug-likeness (QED) is 0.761. The van der Waals surface area contributed by atoms with Gasteiger partial charge in [0.2, 0.25) is 0 Å². The molecule has 1 saturated heterocycles. The summed E-state index contributed by atoms with van der Waals surface area (Å²) in [5.74, 6) is 2.44. The molecule has 0 amide bonds. The molecule has 4 heterocycles. The molecule has 1 aliphatic heterocycles. The predicted molar refractivity (Wildman–Crippen MR) is 88.2 cm³/mol. The molecule has 0 aromatic carbocycles. The third-order valence-electron chi connectivity index (χ3n) is 4.68. The van der Waals surface area contributed by atoms with E-state index < -0.39 is 0 Å². The summed E-state index contributed by atoms with van der Waals surface area (Å²) < 4.78 is 4.01. The second-order valence-corrected chi connectivity index (χ2v) is 6.39. The van der Waals surface area contributed by atoms with E-state index in [4.69, 9.17) is 0 Å². The first-order valence-electron chi connectivity index (χ1n) is 8.35. The van der Waals surface area contributed by atoms with Gasteiger partial charge in [0, 0.05) is 50.3 Å². The van der Waals surface area contributed by atoms with Crippen LogP contribution in [-0.4, -0.2) is 52.5 Å². The van der Waals surface area contributed by atoms with E-state index in [0.29, 0.717) is 12.5 Å². The van der Waals surface area contributed by atoms with Crippen molar-refractivity contribution in [3.05, 3.63) is 48.3 Å². The highest BCUT2D eigenvalue weighted by molar-refractivity contribution is 5.05. The van der Waals surface area contributed by atoms with E-state index in [1.165, 1.54) is 6.42 Å². The summed E-state index contributed by atoms with van der Waals surface area (Å²) in [4.78, 5) is 9.75. The fraction of sp³-hybridized carbons (Fsp3) is 0.500. The highest BCUT2D eigenvalue weighted by atomic mass is 15.3. The van der Waals surface area contributed by atoms with E-state index in [-0.39, 0.29) is 0 Å². The summed E-state index contributed by atoms with van der Waals surface area (Å²) in [6.07, 6.45) is 9.70. The molecule has 0 unspecified atom stereocenters. The fourth-order valence-corrected chi connectivity index (χ4v) is 3.43. The Balaban J connectivity index is 1.46. The Kier molecular flexibility index (Phi) is 4.12. The van der Waals surface area contributed by atoms with Gasteiger partial charge in [-0.2, -0.15) is 5.10 Å². The highest BCUT2D eigenvalue weighted by Crippen LogP contribution is 2.26. The van der Waals surface area contributed by atoms with Crippen LogP contribution in [0.25, 0.3) is 0 Å². The Morgan fingerprint density at radius 2 is 2.25 bits per heavy atom. The summed E-state index contributed by atoms with van der Waals surface area (Å²) in [5.41, 5.74) is 1.16. The SMILES string of the molecule is Cn1c(Cn2cccn2)nnc1[C@H]1CCCN(Cc2cnc[nH]2)C1. The van der Waals surface area contributed by atoms with Gasteiger partial charge in [-0.15, -0.1) is 10.2 Å². The number of aromatic nitrogens is 7. The van der Waals surface area contributed by atoms with E-state index in [9.17, 15) is 0 Å². The Morgan fingerprint density at radius 1 is 1.29 bits per heavy atom. The largest absolute Gasteiger partial charge is 0.347 e. The van der Waals surface area contributed by atoms with Crippen LogP contribution in [0, 0.1) is 0 Å². The Bertz CT molecular complexity index is 758. The molecule has 1 N–H and O–H groups in total. The maximum Gasteiger partial charge on any atom is 0.154 e. The molecule has 1 fully saturated rings. The van der Waals surface area contributed by atoms with Gasteiger partial charge >= 0.3 is 0 Å². The summed E-state index contributed by atoms with van der Waals surface area (Å²) in [7, 11) is 2.06. The van der Waals surface area contributed by atoms with Crippen molar-refractivity contribution in [1.82, 2.24) is 39.4 Å². The van der Waals surface area contributed by atoms with Gasteiger partial charge in [0.25, 0.3) is 0 Å². The lowest BCUT2D eigenvalue weighted by molar-refractivity contribution is 0.193. The lowest BCUT2D eigenvalue weighted by Crippen LogP contribution is -2.35. The minimum absolute atomic E-state index is 0.422. The Hall–Kier alpha value is -2.48. The molecule has 3 aromatic heterocycles. The number of rotatable bonds is 5. The van der Waals surface area contributed by atoms with Gasteiger partial charge in [0.05, 0.1) is 6.33 Å². The van der Waals surface area contributed by atoms with Crippen molar-refractivity contribution in [2.24, 2.45) is 7.05 Å². The molecule has 1 aliphatic rings. The zero-order valence-corrected chi connectivity index (χ0v) is 13.8. The monoisotopic (exact) mass is 326 g/mol. The van der Waals surface area contributed by atoms with Crippen LogP contribution < -0.4 is 0 Å². The topological polar surface area (TPSA) is 80.4 Å². The smallest absolute Gasteiger partial charge is 0.154 e. The van der Waals surface area contributed by atoms with Crippen LogP contribution in [0.15, 0.2) is 31.0 Å². The van der Waals surface area contributed by atoms with Crippen LogP contribution in [0.1, 0.15) is 36.1 Å². The number of H-pyrrole nitrogens is 1. The molecule has 1 atom stereocenters. The van der Waals surface area contributed by atoms with E-state index in [1.54, 1.807) is 12.5 Å². The average molecular weight is 326 g/mol. The third-order valence-corrected chi connectivity index (χ3v) is 4.68. The van der Waals surface area contributed by atoms with Crippen LogP contribution >= 0.6 is 0 Å². The minimum Gasteiger partial charge on any atom is -0.347 e. The fourth-order valence-electron chi connectivity index (χ4n) is 3.43. The van der Waals surface area contributed by atoms with Crippen LogP contribution in [0.3, 0.4) is 0 Å². The van der Waals surface area contributed by atoms with Gasteiger partial charge in [-0.05, 0) is 25.5 Å². The molecule has 8 nitrogen and oxygen atoms in total. The summed E-state index contributed by atoms with van der Waals surface area (Å²) in [6.45, 7) is 3.69. The summed E-state index contributed by atoms with van der Waals surface area (Å²) >= 11 is 0. The Morgan fingerprint density at radius 3 is 3.04 bits per heavy atom. The van der Waals surface area contributed by atoms with Gasteiger partial charge in [-0.25, -0.2) is 4.98 Å². The molecular weight excluding hydrogens is 304 g/mol. The van der Waals surface area contributed by atoms with Gasteiger partial charge < -0.3 is 9.55 Å². The molecule has 0 radical (unpaired) electrons. The lowest BCUT2D eigenvalue weighted by Gasteiger charge is -2.31. The summed E-state index contributed by atoms with van der Waals surface area (Å²) in [5, 5.41) is 13.1. The number of imidazole rings is 1. The first-order chi connectivity index (χ1) is 11.8. The minimum atomic E-state index is 0.422. The van der Waals surface area contributed by atoms with Crippen molar-refractivity contribution in [3.8, 4) is 0 Å². The normalized spacial score (nSPS) is 19.0. The molecule has 126 valence electrons. The maximum absolute atomic E-state index is 4.48. The first-order valence-corrected chi connectivity index (χ1v) is 8.35. The number of hydrogen-bond acceptors (Lipinski definition) is 5. The van der Waals surface area contributed by atoms with Gasteiger partial charge in [-0.1, -0.05) is 0 Å². The molecule has 4 rings (SSSR count). The number of nitrogens with one attached hydrogen (secondary N) is 1. The second kappa shape index (κ2) is 6.56. The number of nitrogens with zero attached hydrogens (tertiary/aromatic N) is 7.